The Morgan fingerprint density at radius 2 is 0.489 bits per heavy atom. The molecule has 0 amide bonds. The van der Waals surface area contributed by atoms with E-state index in [1.54, 1.807) is 0 Å². The van der Waals surface area contributed by atoms with Gasteiger partial charge in [-0.25, -0.2) is 9.13 Å². The van der Waals surface area contributed by atoms with Crippen molar-refractivity contribution < 1.29 is 80.2 Å². The van der Waals surface area contributed by atoms with Gasteiger partial charge in [-0.15, -0.1) is 0 Å². The van der Waals surface area contributed by atoms with Crippen LogP contribution in [0.25, 0.3) is 0 Å². The summed E-state index contributed by atoms with van der Waals surface area (Å²) in [5.74, 6) is -0.540. The van der Waals surface area contributed by atoms with E-state index < -0.39 is 97.5 Å². The zero-order valence-corrected chi connectivity index (χ0v) is 63.1. The van der Waals surface area contributed by atoms with E-state index in [0.717, 1.165) is 108 Å². The minimum atomic E-state index is -4.96. The molecule has 0 spiro atoms. The van der Waals surface area contributed by atoms with Gasteiger partial charge in [-0.1, -0.05) is 337 Å². The smallest absolute Gasteiger partial charge is 0.462 e. The molecule has 94 heavy (non-hydrogen) atoms. The third-order valence-corrected chi connectivity index (χ3v) is 19.4. The summed E-state index contributed by atoms with van der Waals surface area (Å²) in [6.07, 6.45) is 54.0. The number of carbonyl (C=O) groups is 4. The molecular weight excluding hydrogens is 1230 g/mol. The highest BCUT2D eigenvalue weighted by atomic mass is 31.2. The van der Waals surface area contributed by atoms with Crippen LogP contribution in [0, 0.1) is 11.8 Å². The van der Waals surface area contributed by atoms with Crippen molar-refractivity contribution in [2.75, 3.05) is 39.6 Å². The van der Waals surface area contributed by atoms with Crippen molar-refractivity contribution in [3.63, 3.8) is 0 Å². The first-order valence-electron chi connectivity index (χ1n) is 39.0. The van der Waals surface area contributed by atoms with Crippen LogP contribution in [0.4, 0.5) is 0 Å². The van der Waals surface area contributed by atoms with Crippen molar-refractivity contribution in [3.05, 3.63) is 0 Å². The second-order valence-electron chi connectivity index (χ2n) is 28.0. The number of carbonyl (C=O) groups excluding carboxylic acids is 4. The molecule has 3 N–H and O–H groups in total. The lowest BCUT2D eigenvalue weighted by molar-refractivity contribution is -0.161. The van der Waals surface area contributed by atoms with Gasteiger partial charge in [-0.2, -0.15) is 0 Å². The third-order valence-electron chi connectivity index (χ3n) is 17.5. The fourth-order valence-electron chi connectivity index (χ4n) is 11.5. The molecule has 17 nitrogen and oxygen atoms in total. The predicted octanol–water partition coefficient (Wildman–Crippen LogP) is 21.9. The largest absolute Gasteiger partial charge is 0.472 e. The van der Waals surface area contributed by atoms with Gasteiger partial charge in [-0.05, 0) is 37.5 Å². The van der Waals surface area contributed by atoms with E-state index in [1.165, 1.54) is 199 Å². The van der Waals surface area contributed by atoms with E-state index in [2.05, 4.69) is 41.5 Å². The predicted molar refractivity (Wildman–Crippen MR) is 381 cm³/mol. The van der Waals surface area contributed by atoms with Crippen molar-refractivity contribution in [2.45, 2.75) is 407 Å². The number of phosphoric ester groups is 2. The molecule has 0 aliphatic heterocycles. The van der Waals surface area contributed by atoms with Gasteiger partial charge in [-0.3, -0.25) is 37.3 Å². The topological polar surface area (TPSA) is 237 Å². The highest BCUT2D eigenvalue weighted by Gasteiger charge is 2.30. The summed E-state index contributed by atoms with van der Waals surface area (Å²) >= 11 is 0. The first-order valence-corrected chi connectivity index (χ1v) is 42.0. The highest BCUT2D eigenvalue weighted by Crippen LogP contribution is 2.45. The van der Waals surface area contributed by atoms with Crippen LogP contribution in [0.5, 0.6) is 0 Å². The molecule has 0 aromatic carbocycles. The Kier molecular flexibility index (Phi) is 65.5. The van der Waals surface area contributed by atoms with Gasteiger partial charge in [0.1, 0.15) is 19.3 Å². The molecule has 0 aromatic heterocycles. The molecule has 0 saturated heterocycles. The molecule has 0 aliphatic carbocycles. The van der Waals surface area contributed by atoms with Crippen molar-refractivity contribution in [2.24, 2.45) is 11.8 Å². The van der Waals surface area contributed by atoms with Crippen molar-refractivity contribution >= 4 is 39.5 Å². The first kappa shape index (κ1) is 92.1. The maximum atomic E-state index is 13.1. The van der Waals surface area contributed by atoms with Gasteiger partial charge in [0, 0.05) is 25.7 Å². The Balaban J connectivity index is 5.22. The van der Waals surface area contributed by atoms with Crippen LogP contribution in [0.3, 0.4) is 0 Å². The van der Waals surface area contributed by atoms with Crippen molar-refractivity contribution in [1.82, 2.24) is 0 Å². The number of aliphatic hydroxyl groups is 1. The molecule has 5 atom stereocenters. The summed E-state index contributed by atoms with van der Waals surface area (Å²) in [5, 5.41) is 10.6. The van der Waals surface area contributed by atoms with Gasteiger partial charge in [0.05, 0.1) is 26.4 Å². The molecule has 19 heteroatoms. The lowest BCUT2D eigenvalue weighted by atomic mass is 10.0. The molecule has 0 bridgehead atoms. The first-order chi connectivity index (χ1) is 45.4. The maximum absolute atomic E-state index is 13.1. The molecule has 0 rings (SSSR count). The summed E-state index contributed by atoms with van der Waals surface area (Å²) in [4.78, 5) is 72.7. The Bertz CT molecular complexity index is 1820. The van der Waals surface area contributed by atoms with Crippen LogP contribution >= 0.6 is 15.6 Å². The highest BCUT2D eigenvalue weighted by molar-refractivity contribution is 7.47. The van der Waals surface area contributed by atoms with Gasteiger partial charge in [0.25, 0.3) is 0 Å². The summed E-state index contributed by atoms with van der Waals surface area (Å²) in [6, 6.07) is 0. The Hall–Kier alpha value is -1.94. The molecule has 0 saturated carbocycles. The number of hydrogen-bond donors (Lipinski definition) is 3. The summed E-state index contributed by atoms with van der Waals surface area (Å²) in [7, 11) is -9.91. The van der Waals surface area contributed by atoms with E-state index in [-0.39, 0.29) is 25.7 Å². The van der Waals surface area contributed by atoms with Gasteiger partial charge in [0.2, 0.25) is 0 Å². The zero-order chi connectivity index (χ0) is 69.3. The monoisotopic (exact) mass is 1380 g/mol. The second kappa shape index (κ2) is 66.9. The third kappa shape index (κ3) is 68.6. The summed E-state index contributed by atoms with van der Waals surface area (Å²) < 4.78 is 68.4. The van der Waals surface area contributed by atoms with Crippen LogP contribution in [-0.2, 0) is 65.4 Å². The molecule has 2 unspecified atom stereocenters. The van der Waals surface area contributed by atoms with E-state index in [9.17, 15) is 43.2 Å². The fraction of sp³-hybridized carbons (Fsp3) is 0.947. The molecule has 0 heterocycles. The molecule has 0 aliphatic rings. The van der Waals surface area contributed by atoms with Crippen LogP contribution in [-0.4, -0.2) is 96.7 Å². The van der Waals surface area contributed by atoms with Gasteiger partial charge < -0.3 is 33.8 Å². The number of rotatable bonds is 74. The molecular formula is C75H146O17P2. The van der Waals surface area contributed by atoms with Crippen molar-refractivity contribution in [1.29, 1.82) is 0 Å². The lowest BCUT2D eigenvalue weighted by Crippen LogP contribution is -2.30. The van der Waals surface area contributed by atoms with Crippen LogP contribution in [0.2, 0.25) is 0 Å². The van der Waals surface area contributed by atoms with Gasteiger partial charge in [0.15, 0.2) is 12.2 Å². The number of hydrogen-bond acceptors (Lipinski definition) is 15. The zero-order valence-electron chi connectivity index (χ0n) is 61.3. The number of unbranched alkanes of at least 4 members (excludes halogenated alkanes) is 44. The minimum absolute atomic E-state index is 0.107. The summed E-state index contributed by atoms with van der Waals surface area (Å²) in [6.45, 7) is 9.61. The van der Waals surface area contributed by atoms with Crippen molar-refractivity contribution in [3.8, 4) is 0 Å². The van der Waals surface area contributed by atoms with E-state index >= 15 is 0 Å². The lowest BCUT2D eigenvalue weighted by Gasteiger charge is -2.21. The Morgan fingerprint density at radius 1 is 0.287 bits per heavy atom. The number of ether oxygens (including phenoxy) is 4. The number of phosphoric acid groups is 2. The minimum Gasteiger partial charge on any atom is -0.462 e. The van der Waals surface area contributed by atoms with Crippen LogP contribution < -0.4 is 0 Å². The van der Waals surface area contributed by atoms with E-state index in [1.807, 2.05) is 0 Å². The Labute approximate surface area is 575 Å². The van der Waals surface area contributed by atoms with E-state index in [4.69, 9.17) is 37.0 Å². The average molecular weight is 1380 g/mol. The number of aliphatic hydroxyl groups excluding tert-OH is 1. The van der Waals surface area contributed by atoms with Crippen LogP contribution in [0.1, 0.15) is 388 Å². The molecule has 558 valence electrons. The Morgan fingerprint density at radius 3 is 0.723 bits per heavy atom. The van der Waals surface area contributed by atoms with Crippen LogP contribution in [0.15, 0.2) is 0 Å². The maximum Gasteiger partial charge on any atom is 0.472 e. The quantitative estimate of drug-likeness (QED) is 0.0222. The average Bonchev–Trinajstić information content (AvgIpc) is 1.54. The SMILES string of the molecule is CCCCCCCCCCCCCCCCC(=O)O[C@H](COC(=O)CCCCCCCCCC)COP(=O)(O)OC[C@H](O)COP(=O)(O)OC[C@@H](COC(=O)CCCCCCCCCCCCCCCC(C)C)OC(=O)CCCCCCCCCCCCCCCC(C)C. The second-order valence-corrected chi connectivity index (χ2v) is 30.9. The fourth-order valence-corrected chi connectivity index (χ4v) is 13.1. The molecule has 0 radical (unpaired) electrons. The molecule has 0 fully saturated rings. The molecule has 0 aromatic rings. The number of esters is 4. The van der Waals surface area contributed by atoms with E-state index in [0.29, 0.717) is 25.7 Å². The standard InChI is InChI=1S/C75H146O17P2/c1-7-9-11-13-15-17-18-19-24-30-35-41-47-53-59-74(79)91-70(63-85-72(77)57-51-45-39-16-14-12-10-8-2)65-89-93(81,82)87-61-69(76)62-88-94(83,84)90-66-71(92-75(80)60-54-48-42-36-31-26-21-23-28-33-38-44-50-56-68(5)6)64-86-73(78)58-52-46-40-34-29-25-20-22-27-32-37-43-49-55-67(3)4/h67-71,76H,7-66H2,1-6H3,(H,81,82)(H,83,84)/t69-,70+,71+/m0/s1. The van der Waals surface area contributed by atoms with Gasteiger partial charge >= 0.3 is 39.5 Å². The summed E-state index contributed by atoms with van der Waals surface area (Å²) in [5.41, 5.74) is 0. The normalized spacial score (nSPS) is 14.0.